The molecule has 1 aromatic carbocycles. The zero-order chi connectivity index (χ0) is 12.4. The first kappa shape index (κ1) is 12.1. The summed E-state index contributed by atoms with van der Waals surface area (Å²) in [6.07, 6.45) is 4.79. The smallest absolute Gasteiger partial charge is 0.157 e. The highest BCUT2D eigenvalue weighted by molar-refractivity contribution is 8.14. The average Bonchev–Trinajstić information content (AvgIpc) is 2.86. The maximum atomic E-state index is 4.61. The van der Waals surface area contributed by atoms with Gasteiger partial charge in [-0.05, 0) is 36.8 Å². The van der Waals surface area contributed by atoms with Gasteiger partial charge in [0.1, 0.15) is 0 Å². The molecule has 96 valence electrons. The molecule has 0 saturated carbocycles. The molecule has 0 saturated heterocycles. The SMILES string of the molecule is CCC1CN=C(NC2CCc3ccccc3C2)S1. The molecule has 1 heterocycles. The predicted molar refractivity (Wildman–Crippen MR) is 79.4 cm³/mol. The van der Waals surface area contributed by atoms with Crippen LogP contribution in [-0.2, 0) is 12.8 Å². The minimum absolute atomic E-state index is 0.571. The highest BCUT2D eigenvalue weighted by Crippen LogP contribution is 2.25. The molecule has 1 aromatic rings. The lowest BCUT2D eigenvalue weighted by Crippen LogP contribution is -2.37. The van der Waals surface area contributed by atoms with Gasteiger partial charge in [-0.25, -0.2) is 0 Å². The van der Waals surface area contributed by atoms with Crippen molar-refractivity contribution in [2.75, 3.05) is 6.54 Å². The standard InChI is InChI=1S/C15H20N2S/c1-2-14-10-16-15(18-14)17-13-8-7-11-5-3-4-6-12(11)9-13/h3-6,13-14H,2,7-10H2,1H3,(H,16,17). The van der Waals surface area contributed by atoms with Crippen LogP contribution in [0, 0.1) is 0 Å². The highest BCUT2D eigenvalue weighted by atomic mass is 32.2. The summed E-state index contributed by atoms with van der Waals surface area (Å²) in [5.74, 6) is 0. The van der Waals surface area contributed by atoms with E-state index in [-0.39, 0.29) is 0 Å². The number of hydrogen-bond donors (Lipinski definition) is 1. The number of fused-ring (bicyclic) bond motifs is 1. The van der Waals surface area contributed by atoms with Gasteiger partial charge in [0.2, 0.25) is 0 Å². The molecule has 2 atom stereocenters. The predicted octanol–water partition coefficient (Wildman–Crippen LogP) is 3.01. The van der Waals surface area contributed by atoms with Crippen molar-refractivity contribution >= 4 is 16.9 Å². The van der Waals surface area contributed by atoms with E-state index in [1.165, 1.54) is 35.6 Å². The van der Waals surface area contributed by atoms with Crippen LogP contribution in [0.5, 0.6) is 0 Å². The third kappa shape index (κ3) is 2.56. The van der Waals surface area contributed by atoms with Crippen LogP contribution in [0.4, 0.5) is 0 Å². The fourth-order valence-corrected chi connectivity index (χ4v) is 3.72. The van der Waals surface area contributed by atoms with Gasteiger partial charge in [-0.3, -0.25) is 4.99 Å². The Morgan fingerprint density at radius 1 is 1.33 bits per heavy atom. The Balaban J connectivity index is 1.60. The molecule has 18 heavy (non-hydrogen) atoms. The fourth-order valence-electron chi connectivity index (χ4n) is 2.70. The molecule has 2 nitrogen and oxygen atoms in total. The summed E-state index contributed by atoms with van der Waals surface area (Å²) < 4.78 is 0. The fraction of sp³-hybridized carbons (Fsp3) is 0.533. The van der Waals surface area contributed by atoms with Gasteiger partial charge in [0.05, 0.1) is 6.54 Å². The van der Waals surface area contributed by atoms with Gasteiger partial charge >= 0.3 is 0 Å². The lowest BCUT2D eigenvalue weighted by atomic mass is 9.88. The number of benzene rings is 1. The van der Waals surface area contributed by atoms with Crippen LogP contribution in [0.3, 0.4) is 0 Å². The van der Waals surface area contributed by atoms with E-state index in [2.05, 4.69) is 41.5 Å². The molecule has 1 N–H and O–H groups in total. The normalized spacial score (nSPS) is 26.6. The minimum Gasteiger partial charge on any atom is -0.362 e. The first-order valence-corrected chi connectivity index (χ1v) is 7.77. The number of thioether (sulfide) groups is 1. The van der Waals surface area contributed by atoms with E-state index in [1.807, 2.05) is 11.8 Å². The van der Waals surface area contributed by atoms with Crippen molar-refractivity contribution in [3.05, 3.63) is 35.4 Å². The van der Waals surface area contributed by atoms with Crippen molar-refractivity contribution in [2.24, 2.45) is 4.99 Å². The van der Waals surface area contributed by atoms with E-state index in [1.54, 1.807) is 0 Å². The summed E-state index contributed by atoms with van der Waals surface area (Å²) in [5, 5.41) is 5.51. The van der Waals surface area contributed by atoms with Gasteiger partial charge in [-0.1, -0.05) is 43.0 Å². The van der Waals surface area contributed by atoms with Crippen LogP contribution in [0.2, 0.25) is 0 Å². The molecule has 0 fully saturated rings. The summed E-state index contributed by atoms with van der Waals surface area (Å²) in [7, 11) is 0. The van der Waals surface area contributed by atoms with E-state index < -0.39 is 0 Å². The molecule has 1 aliphatic heterocycles. The molecule has 3 heteroatoms. The van der Waals surface area contributed by atoms with Gasteiger partial charge in [0.25, 0.3) is 0 Å². The van der Waals surface area contributed by atoms with Crippen LogP contribution in [0.25, 0.3) is 0 Å². The molecule has 0 spiro atoms. The molecule has 0 amide bonds. The number of hydrogen-bond acceptors (Lipinski definition) is 3. The number of aryl methyl sites for hydroxylation is 1. The zero-order valence-corrected chi connectivity index (χ0v) is 11.7. The molecule has 0 radical (unpaired) electrons. The maximum Gasteiger partial charge on any atom is 0.157 e. The Morgan fingerprint density at radius 2 is 2.17 bits per heavy atom. The largest absolute Gasteiger partial charge is 0.362 e. The van der Waals surface area contributed by atoms with Crippen LogP contribution in [0.15, 0.2) is 29.3 Å². The zero-order valence-electron chi connectivity index (χ0n) is 10.9. The molecule has 2 unspecified atom stereocenters. The number of aliphatic imine (C=N–C) groups is 1. The summed E-state index contributed by atoms with van der Waals surface area (Å²) in [4.78, 5) is 4.61. The Kier molecular flexibility index (Phi) is 3.59. The van der Waals surface area contributed by atoms with Crippen LogP contribution >= 0.6 is 11.8 Å². The Morgan fingerprint density at radius 3 is 2.94 bits per heavy atom. The third-order valence-electron chi connectivity index (χ3n) is 3.85. The Hall–Kier alpha value is -0.960. The number of rotatable bonds is 2. The van der Waals surface area contributed by atoms with Gasteiger partial charge in [-0.2, -0.15) is 0 Å². The van der Waals surface area contributed by atoms with E-state index in [0.717, 1.165) is 13.0 Å². The molecule has 1 aliphatic carbocycles. The summed E-state index contributed by atoms with van der Waals surface area (Å²) in [6.45, 7) is 3.24. The second-order valence-electron chi connectivity index (χ2n) is 5.15. The van der Waals surface area contributed by atoms with Gasteiger partial charge in [0.15, 0.2) is 5.17 Å². The first-order valence-electron chi connectivity index (χ1n) is 6.89. The number of nitrogens with zero attached hydrogens (tertiary/aromatic N) is 1. The lowest BCUT2D eigenvalue weighted by Gasteiger charge is -2.26. The van der Waals surface area contributed by atoms with Crippen molar-refractivity contribution in [3.63, 3.8) is 0 Å². The molecular weight excluding hydrogens is 240 g/mol. The van der Waals surface area contributed by atoms with Gasteiger partial charge in [0, 0.05) is 11.3 Å². The number of amidine groups is 1. The Labute approximate surface area is 113 Å². The maximum absolute atomic E-state index is 4.61. The van der Waals surface area contributed by atoms with Crippen molar-refractivity contribution in [3.8, 4) is 0 Å². The topological polar surface area (TPSA) is 24.4 Å². The first-order chi connectivity index (χ1) is 8.85. The lowest BCUT2D eigenvalue weighted by molar-refractivity contribution is 0.531. The van der Waals surface area contributed by atoms with E-state index in [9.17, 15) is 0 Å². The van der Waals surface area contributed by atoms with Gasteiger partial charge in [-0.15, -0.1) is 0 Å². The van der Waals surface area contributed by atoms with E-state index in [4.69, 9.17) is 0 Å². The van der Waals surface area contributed by atoms with Crippen LogP contribution in [0.1, 0.15) is 30.9 Å². The van der Waals surface area contributed by atoms with Crippen molar-refractivity contribution in [1.82, 2.24) is 5.32 Å². The second kappa shape index (κ2) is 5.35. The molecule has 0 bridgehead atoms. The van der Waals surface area contributed by atoms with Crippen molar-refractivity contribution in [2.45, 2.75) is 43.9 Å². The highest BCUT2D eigenvalue weighted by Gasteiger charge is 2.23. The average molecular weight is 260 g/mol. The van der Waals surface area contributed by atoms with E-state index in [0.29, 0.717) is 11.3 Å². The monoisotopic (exact) mass is 260 g/mol. The summed E-state index contributed by atoms with van der Waals surface area (Å²) in [6, 6.07) is 9.40. The summed E-state index contributed by atoms with van der Waals surface area (Å²) in [5.41, 5.74) is 3.04. The van der Waals surface area contributed by atoms with Crippen LogP contribution in [-0.4, -0.2) is 23.0 Å². The van der Waals surface area contributed by atoms with Gasteiger partial charge < -0.3 is 5.32 Å². The second-order valence-corrected chi connectivity index (χ2v) is 6.44. The third-order valence-corrected chi connectivity index (χ3v) is 5.13. The summed E-state index contributed by atoms with van der Waals surface area (Å²) >= 11 is 1.92. The Bertz CT molecular complexity index is 456. The molecule has 3 rings (SSSR count). The minimum atomic E-state index is 0.571. The van der Waals surface area contributed by atoms with Crippen LogP contribution < -0.4 is 5.32 Å². The molecule has 0 aromatic heterocycles. The van der Waals surface area contributed by atoms with Crippen molar-refractivity contribution in [1.29, 1.82) is 0 Å². The van der Waals surface area contributed by atoms with E-state index >= 15 is 0 Å². The quantitative estimate of drug-likeness (QED) is 0.884. The molecule has 2 aliphatic rings. The number of nitrogens with one attached hydrogen (secondary N) is 1. The van der Waals surface area contributed by atoms with Crippen molar-refractivity contribution < 1.29 is 0 Å². The molecular formula is C15H20N2S.